The minimum atomic E-state index is -0.585. The summed E-state index contributed by atoms with van der Waals surface area (Å²) in [6.45, 7) is 0. The zero-order valence-electron chi connectivity index (χ0n) is 15.4. The van der Waals surface area contributed by atoms with Gasteiger partial charge in [-0.15, -0.1) is 0 Å². The number of methoxy groups -OCH3 is 5. The third-order valence-corrected chi connectivity index (χ3v) is 3.31. The van der Waals surface area contributed by atoms with Crippen molar-refractivity contribution in [3.8, 4) is 28.7 Å². The van der Waals surface area contributed by atoms with Gasteiger partial charge in [-0.2, -0.15) is 0 Å². The molecule has 3 N–H and O–H groups in total. The van der Waals surface area contributed by atoms with E-state index in [1.807, 2.05) is 0 Å². The van der Waals surface area contributed by atoms with Gasteiger partial charge in [0.15, 0.2) is 11.5 Å². The van der Waals surface area contributed by atoms with Gasteiger partial charge in [-0.05, 0) is 0 Å². The highest BCUT2D eigenvalue weighted by molar-refractivity contribution is 6.16. The van der Waals surface area contributed by atoms with Crippen LogP contribution in [0, 0.1) is 5.41 Å². The molecule has 1 rings (SSSR count). The van der Waals surface area contributed by atoms with Gasteiger partial charge in [0.05, 0.1) is 35.5 Å². The fraction of sp³-hybridized carbons (Fsp3) is 0.467. The molecule has 0 aliphatic rings. The van der Waals surface area contributed by atoms with Gasteiger partial charge in [-0.25, -0.2) is 9.69 Å². The average molecular weight is 356 g/mol. The SMILES string of the molecule is COc1c(OC)c(OC)c(N(C(=N)N)C(=O)N(C)C)c(OC)c1OC. The van der Waals surface area contributed by atoms with Crippen molar-refractivity contribution in [1.29, 1.82) is 5.41 Å². The molecule has 2 amide bonds. The average Bonchev–Trinajstić information content (AvgIpc) is 2.59. The number of benzene rings is 1. The zero-order chi connectivity index (χ0) is 19.3. The molecule has 0 heterocycles. The molecule has 0 bridgehead atoms. The normalized spacial score (nSPS) is 9.88. The number of nitrogens with zero attached hydrogens (tertiary/aromatic N) is 2. The van der Waals surface area contributed by atoms with E-state index in [-0.39, 0.29) is 34.4 Å². The topological polar surface area (TPSA) is 120 Å². The van der Waals surface area contributed by atoms with E-state index in [1.54, 1.807) is 0 Å². The number of anilines is 1. The molecule has 0 aliphatic carbocycles. The molecule has 0 spiro atoms. The molecule has 0 fully saturated rings. The monoisotopic (exact) mass is 356 g/mol. The summed E-state index contributed by atoms with van der Waals surface area (Å²) in [5, 5.41) is 7.84. The van der Waals surface area contributed by atoms with Gasteiger partial charge in [0.2, 0.25) is 23.2 Å². The number of nitrogens with one attached hydrogen (secondary N) is 1. The van der Waals surface area contributed by atoms with Crippen LogP contribution >= 0.6 is 0 Å². The van der Waals surface area contributed by atoms with Gasteiger partial charge in [-0.3, -0.25) is 5.41 Å². The van der Waals surface area contributed by atoms with Crippen LogP contribution in [0.2, 0.25) is 0 Å². The fourth-order valence-corrected chi connectivity index (χ4v) is 2.28. The standard InChI is InChI=1S/C15H24N4O6/c1-18(2)15(20)19(14(16)17)8-9(21-3)11(23-5)13(25-7)12(24-6)10(8)22-4/h1-7H3,(H3,16,17). The molecule has 25 heavy (non-hydrogen) atoms. The van der Waals surface area contributed by atoms with E-state index in [2.05, 4.69) is 0 Å². The Morgan fingerprint density at radius 1 is 0.800 bits per heavy atom. The van der Waals surface area contributed by atoms with Crippen molar-refractivity contribution < 1.29 is 28.5 Å². The van der Waals surface area contributed by atoms with Crippen molar-refractivity contribution in [3.05, 3.63) is 0 Å². The van der Waals surface area contributed by atoms with Gasteiger partial charge >= 0.3 is 6.03 Å². The van der Waals surface area contributed by atoms with E-state index in [1.165, 1.54) is 54.5 Å². The first kappa shape index (κ1) is 20.0. The lowest BCUT2D eigenvalue weighted by Gasteiger charge is -2.29. The van der Waals surface area contributed by atoms with Crippen molar-refractivity contribution in [2.24, 2.45) is 5.73 Å². The summed E-state index contributed by atoms with van der Waals surface area (Å²) in [4.78, 5) is 14.8. The highest BCUT2D eigenvalue weighted by Crippen LogP contribution is 2.57. The Kier molecular flexibility index (Phi) is 6.54. The highest BCUT2D eigenvalue weighted by Gasteiger charge is 2.35. The van der Waals surface area contributed by atoms with Crippen LogP contribution in [0.4, 0.5) is 10.5 Å². The van der Waals surface area contributed by atoms with Crippen LogP contribution < -0.4 is 34.3 Å². The molecule has 0 aliphatic heterocycles. The number of rotatable bonds is 6. The third-order valence-electron chi connectivity index (χ3n) is 3.31. The van der Waals surface area contributed by atoms with Crippen LogP contribution in [-0.2, 0) is 0 Å². The third kappa shape index (κ3) is 3.42. The Bertz CT molecular complexity index is 629. The minimum Gasteiger partial charge on any atom is -0.491 e. The summed E-state index contributed by atoms with van der Waals surface area (Å²) in [5.74, 6) is 0.198. The molecule has 0 unspecified atom stereocenters. The van der Waals surface area contributed by atoms with Gasteiger partial charge in [0.25, 0.3) is 0 Å². The number of urea groups is 1. The van der Waals surface area contributed by atoms with Crippen LogP contribution in [0.3, 0.4) is 0 Å². The Morgan fingerprint density at radius 2 is 1.12 bits per heavy atom. The summed E-state index contributed by atoms with van der Waals surface area (Å²) < 4.78 is 26.9. The number of nitrogens with two attached hydrogens (primary N) is 1. The van der Waals surface area contributed by atoms with Gasteiger partial charge in [-0.1, -0.05) is 0 Å². The van der Waals surface area contributed by atoms with Crippen molar-refractivity contribution in [2.75, 3.05) is 54.5 Å². The van der Waals surface area contributed by atoms with Crippen LogP contribution in [0.15, 0.2) is 0 Å². The van der Waals surface area contributed by atoms with Crippen molar-refractivity contribution in [2.45, 2.75) is 0 Å². The second-order valence-corrected chi connectivity index (χ2v) is 4.91. The van der Waals surface area contributed by atoms with E-state index >= 15 is 0 Å². The maximum atomic E-state index is 12.6. The molecule has 0 saturated heterocycles. The second kappa shape index (κ2) is 8.18. The number of carbonyl (C=O) groups is 1. The zero-order valence-corrected chi connectivity index (χ0v) is 15.4. The largest absolute Gasteiger partial charge is 0.491 e. The van der Waals surface area contributed by atoms with E-state index in [0.717, 1.165) is 4.90 Å². The van der Waals surface area contributed by atoms with Crippen molar-refractivity contribution >= 4 is 17.7 Å². The van der Waals surface area contributed by atoms with E-state index in [0.29, 0.717) is 0 Å². The first-order valence-electron chi connectivity index (χ1n) is 7.09. The lowest BCUT2D eigenvalue weighted by Crippen LogP contribution is -2.47. The summed E-state index contributed by atoms with van der Waals surface area (Å²) in [6.07, 6.45) is 0. The van der Waals surface area contributed by atoms with Gasteiger partial charge in [0, 0.05) is 14.1 Å². The van der Waals surface area contributed by atoms with Crippen molar-refractivity contribution in [1.82, 2.24) is 4.90 Å². The molecular formula is C15H24N4O6. The Labute approximate surface area is 146 Å². The smallest absolute Gasteiger partial charge is 0.331 e. The fourth-order valence-electron chi connectivity index (χ4n) is 2.28. The summed E-state index contributed by atoms with van der Waals surface area (Å²) in [5.41, 5.74) is 5.71. The van der Waals surface area contributed by atoms with Crippen LogP contribution in [0.1, 0.15) is 0 Å². The van der Waals surface area contributed by atoms with E-state index < -0.39 is 12.0 Å². The Morgan fingerprint density at radius 3 is 1.36 bits per heavy atom. The Hall–Kier alpha value is -3.04. The predicted octanol–water partition coefficient (Wildman–Crippen LogP) is 1.11. The number of hydrogen-bond acceptors (Lipinski definition) is 7. The predicted molar refractivity (Wildman–Crippen MR) is 92.7 cm³/mol. The molecule has 10 heteroatoms. The number of ether oxygens (including phenoxy) is 5. The molecule has 0 saturated carbocycles. The second-order valence-electron chi connectivity index (χ2n) is 4.91. The lowest BCUT2D eigenvalue weighted by molar-refractivity contribution is 0.226. The molecule has 1 aromatic rings. The molecule has 0 radical (unpaired) electrons. The highest BCUT2D eigenvalue weighted by atomic mass is 16.6. The minimum absolute atomic E-state index is 0.0608. The van der Waals surface area contributed by atoms with Gasteiger partial charge < -0.3 is 34.3 Å². The van der Waals surface area contributed by atoms with E-state index in [4.69, 9.17) is 34.8 Å². The Balaban J connectivity index is 4.00. The molecule has 0 atom stereocenters. The molecule has 0 aromatic heterocycles. The number of amides is 2. The van der Waals surface area contributed by atoms with Crippen LogP contribution in [0.5, 0.6) is 28.7 Å². The summed E-state index contributed by atoms with van der Waals surface area (Å²) in [6, 6.07) is -0.585. The molecule has 140 valence electrons. The number of hydrogen-bond donors (Lipinski definition) is 2. The first-order valence-corrected chi connectivity index (χ1v) is 7.09. The van der Waals surface area contributed by atoms with Crippen molar-refractivity contribution in [3.63, 3.8) is 0 Å². The molecule has 1 aromatic carbocycles. The lowest BCUT2D eigenvalue weighted by atomic mass is 10.2. The maximum Gasteiger partial charge on any atom is 0.331 e. The first-order chi connectivity index (χ1) is 11.8. The van der Waals surface area contributed by atoms with E-state index in [9.17, 15) is 4.79 Å². The summed E-state index contributed by atoms with van der Waals surface area (Å²) in [7, 11) is 10.0. The number of carbonyl (C=O) groups excluding carboxylic acids is 1. The number of guanidine groups is 1. The molecular weight excluding hydrogens is 332 g/mol. The van der Waals surface area contributed by atoms with Gasteiger partial charge in [0.1, 0.15) is 5.69 Å². The maximum absolute atomic E-state index is 12.6. The molecule has 10 nitrogen and oxygen atoms in total. The van der Waals surface area contributed by atoms with Crippen LogP contribution in [0.25, 0.3) is 0 Å². The summed E-state index contributed by atoms with van der Waals surface area (Å²) >= 11 is 0. The quantitative estimate of drug-likeness (QED) is 0.579. The van der Waals surface area contributed by atoms with Crippen LogP contribution in [-0.4, -0.2) is 66.5 Å².